The topological polar surface area (TPSA) is 71.8 Å². The highest BCUT2D eigenvalue weighted by Gasteiger charge is 2.05. The highest BCUT2D eigenvalue weighted by atomic mass is 16.2. The number of hydrogen-bond donors (Lipinski definition) is 2. The molecule has 3 rings (SSSR count). The van der Waals surface area contributed by atoms with Crippen molar-refractivity contribution in [2.75, 3.05) is 5.32 Å². The van der Waals surface area contributed by atoms with Gasteiger partial charge in [0.05, 0.1) is 6.20 Å². The molecule has 0 aliphatic rings. The number of amides is 2. The minimum Gasteiger partial charge on any atom is -0.334 e. The Bertz CT molecular complexity index is 798. The lowest BCUT2D eigenvalue weighted by molar-refractivity contribution is 0.251. The first-order chi connectivity index (χ1) is 11.2. The van der Waals surface area contributed by atoms with Crippen molar-refractivity contribution in [2.45, 2.75) is 6.54 Å². The average molecular weight is 307 g/mol. The summed E-state index contributed by atoms with van der Waals surface area (Å²) < 4.78 is 1.74. The Morgan fingerprint density at radius 2 is 1.96 bits per heavy atom. The zero-order valence-corrected chi connectivity index (χ0v) is 12.7. The van der Waals surface area contributed by atoms with Crippen molar-refractivity contribution in [3.63, 3.8) is 0 Å². The van der Waals surface area contributed by atoms with Gasteiger partial charge in [-0.15, -0.1) is 0 Å². The van der Waals surface area contributed by atoms with Crippen molar-refractivity contribution < 1.29 is 4.79 Å². The number of benzene rings is 1. The molecule has 0 aliphatic carbocycles. The first-order valence-corrected chi connectivity index (χ1v) is 7.23. The third kappa shape index (κ3) is 3.94. The van der Waals surface area contributed by atoms with Gasteiger partial charge in [0.15, 0.2) is 0 Å². The van der Waals surface area contributed by atoms with Crippen LogP contribution in [0.3, 0.4) is 0 Å². The Labute approximate surface area is 134 Å². The number of urea groups is 1. The third-order valence-corrected chi connectivity index (χ3v) is 3.32. The largest absolute Gasteiger partial charge is 0.334 e. The molecule has 2 N–H and O–H groups in total. The van der Waals surface area contributed by atoms with E-state index in [-0.39, 0.29) is 6.03 Å². The quantitative estimate of drug-likeness (QED) is 0.778. The van der Waals surface area contributed by atoms with E-state index in [1.807, 2.05) is 49.6 Å². The van der Waals surface area contributed by atoms with Crippen molar-refractivity contribution in [1.29, 1.82) is 0 Å². The molecule has 0 radical (unpaired) electrons. The Morgan fingerprint density at radius 1 is 1.13 bits per heavy atom. The predicted molar refractivity (Wildman–Crippen MR) is 88.7 cm³/mol. The molecule has 1 aromatic carbocycles. The lowest BCUT2D eigenvalue weighted by atomic mass is 10.1. The van der Waals surface area contributed by atoms with Gasteiger partial charge < -0.3 is 10.6 Å². The van der Waals surface area contributed by atoms with Crippen molar-refractivity contribution >= 4 is 11.7 Å². The molecule has 0 saturated carbocycles. The van der Waals surface area contributed by atoms with Crippen molar-refractivity contribution in [3.05, 3.63) is 66.7 Å². The van der Waals surface area contributed by atoms with E-state index in [0.717, 1.165) is 22.4 Å². The molecule has 0 saturated heterocycles. The molecule has 3 aromatic rings. The highest BCUT2D eigenvalue weighted by molar-refractivity contribution is 5.89. The second-order valence-corrected chi connectivity index (χ2v) is 5.16. The lowest BCUT2D eigenvalue weighted by Crippen LogP contribution is -2.28. The molecular weight excluding hydrogens is 290 g/mol. The summed E-state index contributed by atoms with van der Waals surface area (Å²) in [6, 6.07) is 11.1. The predicted octanol–water partition coefficient (Wildman–Crippen LogP) is 2.80. The van der Waals surface area contributed by atoms with E-state index in [1.54, 1.807) is 23.3 Å². The monoisotopic (exact) mass is 307 g/mol. The van der Waals surface area contributed by atoms with E-state index in [1.165, 1.54) is 0 Å². The molecule has 0 aliphatic heterocycles. The number of nitrogens with one attached hydrogen (secondary N) is 2. The number of carbonyl (C=O) groups excluding carboxylic acids is 1. The highest BCUT2D eigenvalue weighted by Crippen LogP contribution is 2.18. The molecule has 116 valence electrons. The summed E-state index contributed by atoms with van der Waals surface area (Å²) in [7, 11) is 1.87. The van der Waals surface area contributed by atoms with E-state index in [4.69, 9.17) is 0 Å². The van der Waals surface area contributed by atoms with Gasteiger partial charge in [-0.1, -0.05) is 18.2 Å². The number of rotatable bonds is 4. The van der Waals surface area contributed by atoms with Crippen LogP contribution in [-0.2, 0) is 13.6 Å². The Balaban J connectivity index is 1.61. The van der Waals surface area contributed by atoms with E-state index in [0.29, 0.717) is 6.54 Å². The average Bonchev–Trinajstić information content (AvgIpc) is 3.01. The summed E-state index contributed by atoms with van der Waals surface area (Å²) in [6.45, 7) is 0.403. The molecule has 0 atom stereocenters. The van der Waals surface area contributed by atoms with Crippen LogP contribution < -0.4 is 10.6 Å². The molecule has 2 aromatic heterocycles. The maximum atomic E-state index is 11.9. The molecule has 6 heteroatoms. The number of carbonyl (C=O) groups is 1. The fourth-order valence-electron chi connectivity index (χ4n) is 2.19. The molecular formula is C17H17N5O. The van der Waals surface area contributed by atoms with Gasteiger partial charge in [0.2, 0.25) is 0 Å². The number of pyridine rings is 1. The van der Waals surface area contributed by atoms with E-state index < -0.39 is 0 Å². The molecule has 23 heavy (non-hydrogen) atoms. The molecule has 2 heterocycles. The normalized spacial score (nSPS) is 10.3. The number of nitrogens with zero attached hydrogens (tertiary/aromatic N) is 3. The van der Waals surface area contributed by atoms with Gasteiger partial charge in [-0.05, 0) is 23.8 Å². The van der Waals surface area contributed by atoms with E-state index in [9.17, 15) is 4.79 Å². The summed E-state index contributed by atoms with van der Waals surface area (Å²) in [6.07, 6.45) is 7.24. The van der Waals surface area contributed by atoms with Crippen LogP contribution in [0.5, 0.6) is 0 Å². The van der Waals surface area contributed by atoms with Gasteiger partial charge in [-0.25, -0.2) is 4.79 Å². The lowest BCUT2D eigenvalue weighted by Gasteiger charge is -2.08. The standard InChI is InChI=1S/C17H17N5O/c1-22-12-15(11-20-22)14-7-13(8-18-10-14)9-19-17(23)21-16-5-3-2-4-6-16/h2-8,10-12H,9H2,1H3,(H2,19,21,23). The Morgan fingerprint density at radius 3 is 2.70 bits per heavy atom. The summed E-state index contributed by atoms with van der Waals surface area (Å²) in [4.78, 5) is 16.1. The van der Waals surface area contributed by atoms with Gasteiger partial charge in [0.25, 0.3) is 0 Å². The molecule has 0 bridgehead atoms. The van der Waals surface area contributed by atoms with Gasteiger partial charge in [0.1, 0.15) is 0 Å². The fraction of sp³-hybridized carbons (Fsp3) is 0.118. The SMILES string of the molecule is Cn1cc(-c2cncc(CNC(=O)Nc3ccccc3)c2)cn1. The Kier molecular flexibility index (Phi) is 4.33. The van der Waals surface area contributed by atoms with Gasteiger partial charge in [0, 0.05) is 49.0 Å². The van der Waals surface area contributed by atoms with E-state index in [2.05, 4.69) is 20.7 Å². The zero-order valence-electron chi connectivity index (χ0n) is 12.7. The van der Waals surface area contributed by atoms with Crippen LogP contribution in [0, 0.1) is 0 Å². The minimum absolute atomic E-state index is 0.247. The van der Waals surface area contributed by atoms with Crippen LogP contribution in [0.4, 0.5) is 10.5 Å². The summed E-state index contributed by atoms with van der Waals surface area (Å²) in [5.74, 6) is 0. The number of hydrogen-bond acceptors (Lipinski definition) is 3. The fourth-order valence-corrected chi connectivity index (χ4v) is 2.19. The summed E-state index contributed by atoms with van der Waals surface area (Å²) in [5, 5.41) is 9.75. The maximum Gasteiger partial charge on any atom is 0.319 e. The number of aryl methyl sites for hydroxylation is 1. The van der Waals surface area contributed by atoms with Crippen LogP contribution in [0.25, 0.3) is 11.1 Å². The summed E-state index contributed by atoms with van der Waals surface area (Å²) in [5.41, 5.74) is 3.65. The second kappa shape index (κ2) is 6.74. The van der Waals surface area contributed by atoms with E-state index >= 15 is 0 Å². The minimum atomic E-state index is -0.247. The van der Waals surface area contributed by atoms with Crippen molar-refractivity contribution in [1.82, 2.24) is 20.1 Å². The summed E-state index contributed by atoms with van der Waals surface area (Å²) >= 11 is 0. The van der Waals surface area contributed by atoms with Gasteiger partial charge in [-0.3, -0.25) is 9.67 Å². The van der Waals surface area contributed by atoms with Crippen LogP contribution in [0.1, 0.15) is 5.56 Å². The second-order valence-electron chi connectivity index (χ2n) is 5.16. The number of anilines is 1. The molecule has 2 amide bonds. The molecule has 0 spiro atoms. The number of para-hydroxylation sites is 1. The van der Waals surface area contributed by atoms with Crippen molar-refractivity contribution in [3.8, 4) is 11.1 Å². The van der Waals surface area contributed by atoms with Crippen LogP contribution >= 0.6 is 0 Å². The van der Waals surface area contributed by atoms with Crippen LogP contribution in [0.2, 0.25) is 0 Å². The molecule has 0 unspecified atom stereocenters. The number of aromatic nitrogens is 3. The maximum absolute atomic E-state index is 11.9. The molecule has 6 nitrogen and oxygen atoms in total. The zero-order chi connectivity index (χ0) is 16.1. The van der Waals surface area contributed by atoms with Crippen molar-refractivity contribution in [2.24, 2.45) is 7.05 Å². The van der Waals surface area contributed by atoms with Crippen LogP contribution in [0.15, 0.2) is 61.2 Å². The Hall–Kier alpha value is -3.15. The van der Waals surface area contributed by atoms with Gasteiger partial charge >= 0.3 is 6.03 Å². The van der Waals surface area contributed by atoms with Crippen LogP contribution in [-0.4, -0.2) is 20.8 Å². The first kappa shape index (κ1) is 14.8. The third-order valence-electron chi connectivity index (χ3n) is 3.32. The molecule has 0 fully saturated rings. The smallest absolute Gasteiger partial charge is 0.319 e. The van der Waals surface area contributed by atoms with Gasteiger partial charge in [-0.2, -0.15) is 5.10 Å². The first-order valence-electron chi connectivity index (χ1n) is 7.23.